The molecule has 0 bridgehead atoms. The summed E-state index contributed by atoms with van der Waals surface area (Å²) in [5, 5.41) is -0.127. The molecule has 94 valence electrons. The summed E-state index contributed by atoms with van der Waals surface area (Å²) in [6.07, 6.45) is 4.34. The van der Waals surface area contributed by atoms with E-state index in [0.717, 1.165) is 37.7 Å². The SMILES string of the molecule is NCCCCc1ccccc1S(=O)(=O)C1CC1. The predicted octanol–water partition coefficient (Wildman–Crippen LogP) is 1.90. The van der Waals surface area contributed by atoms with E-state index in [-0.39, 0.29) is 5.25 Å². The summed E-state index contributed by atoms with van der Waals surface area (Å²) in [6, 6.07) is 7.38. The Hall–Kier alpha value is -0.870. The van der Waals surface area contributed by atoms with Crippen molar-refractivity contribution < 1.29 is 8.42 Å². The van der Waals surface area contributed by atoms with Crippen molar-refractivity contribution in [1.82, 2.24) is 0 Å². The van der Waals surface area contributed by atoms with Crippen molar-refractivity contribution >= 4 is 9.84 Å². The van der Waals surface area contributed by atoms with E-state index in [1.165, 1.54) is 0 Å². The Kier molecular flexibility index (Phi) is 3.84. The van der Waals surface area contributed by atoms with Crippen LogP contribution in [0.5, 0.6) is 0 Å². The molecule has 2 N–H and O–H groups in total. The highest BCUT2D eigenvalue weighted by molar-refractivity contribution is 7.92. The molecule has 17 heavy (non-hydrogen) atoms. The molecular formula is C13H19NO2S. The lowest BCUT2D eigenvalue weighted by Crippen LogP contribution is -2.10. The molecule has 1 saturated carbocycles. The van der Waals surface area contributed by atoms with Crippen LogP contribution in [0, 0.1) is 0 Å². The summed E-state index contributed by atoms with van der Waals surface area (Å²) < 4.78 is 24.4. The van der Waals surface area contributed by atoms with Gasteiger partial charge >= 0.3 is 0 Å². The van der Waals surface area contributed by atoms with Crippen LogP contribution < -0.4 is 5.73 Å². The van der Waals surface area contributed by atoms with Gasteiger partial charge in [-0.25, -0.2) is 8.42 Å². The first-order valence-electron chi connectivity index (χ1n) is 6.18. The minimum Gasteiger partial charge on any atom is -0.330 e. The van der Waals surface area contributed by atoms with Gasteiger partial charge in [-0.3, -0.25) is 0 Å². The molecule has 4 heteroatoms. The van der Waals surface area contributed by atoms with E-state index < -0.39 is 9.84 Å². The lowest BCUT2D eigenvalue weighted by molar-refractivity contribution is 0.593. The molecule has 0 radical (unpaired) electrons. The van der Waals surface area contributed by atoms with Crippen LogP contribution in [0.15, 0.2) is 29.2 Å². The summed E-state index contributed by atoms with van der Waals surface area (Å²) >= 11 is 0. The van der Waals surface area contributed by atoms with Crippen molar-refractivity contribution in [2.75, 3.05) is 6.54 Å². The van der Waals surface area contributed by atoms with Crippen molar-refractivity contribution in [2.24, 2.45) is 5.73 Å². The van der Waals surface area contributed by atoms with E-state index in [2.05, 4.69) is 0 Å². The lowest BCUT2D eigenvalue weighted by atomic mass is 10.1. The van der Waals surface area contributed by atoms with Crippen LogP contribution in [0.25, 0.3) is 0 Å². The van der Waals surface area contributed by atoms with Gasteiger partial charge in [-0.15, -0.1) is 0 Å². The number of hydrogen-bond acceptors (Lipinski definition) is 3. The Morgan fingerprint density at radius 2 is 1.88 bits per heavy atom. The first-order chi connectivity index (χ1) is 8.16. The van der Waals surface area contributed by atoms with Crippen LogP contribution in [-0.2, 0) is 16.3 Å². The average Bonchev–Trinajstić information content (AvgIpc) is 3.14. The molecule has 2 rings (SSSR count). The van der Waals surface area contributed by atoms with E-state index in [9.17, 15) is 8.42 Å². The minimum atomic E-state index is -3.06. The molecule has 0 unspecified atom stereocenters. The number of unbranched alkanes of at least 4 members (excludes halogenated alkanes) is 1. The van der Waals surface area contributed by atoms with Crippen LogP contribution in [0.4, 0.5) is 0 Å². The van der Waals surface area contributed by atoms with Gasteiger partial charge in [0.05, 0.1) is 10.1 Å². The number of hydrogen-bond donors (Lipinski definition) is 1. The Bertz CT molecular complexity index is 478. The molecular weight excluding hydrogens is 234 g/mol. The third-order valence-corrected chi connectivity index (χ3v) is 5.50. The zero-order valence-corrected chi connectivity index (χ0v) is 10.7. The fourth-order valence-corrected chi connectivity index (χ4v) is 3.93. The zero-order chi connectivity index (χ0) is 12.3. The van der Waals surface area contributed by atoms with Gasteiger partial charge in [0.1, 0.15) is 0 Å². The molecule has 1 aromatic rings. The van der Waals surface area contributed by atoms with E-state index in [0.29, 0.717) is 11.4 Å². The van der Waals surface area contributed by atoms with E-state index >= 15 is 0 Å². The van der Waals surface area contributed by atoms with Crippen LogP contribution in [0.1, 0.15) is 31.2 Å². The van der Waals surface area contributed by atoms with Crippen LogP contribution in [-0.4, -0.2) is 20.2 Å². The Balaban J connectivity index is 2.21. The molecule has 0 atom stereocenters. The summed E-state index contributed by atoms with van der Waals surface area (Å²) in [6.45, 7) is 0.664. The summed E-state index contributed by atoms with van der Waals surface area (Å²) in [4.78, 5) is 0.541. The topological polar surface area (TPSA) is 60.2 Å². The Labute approximate surface area is 103 Å². The maximum Gasteiger partial charge on any atom is 0.181 e. The van der Waals surface area contributed by atoms with Crippen molar-refractivity contribution in [1.29, 1.82) is 0 Å². The quantitative estimate of drug-likeness (QED) is 0.788. The number of nitrogens with two attached hydrogens (primary N) is 1. The fourth-order valence-electron chi connectivity index (χ4n) is 2.01. The Morgan fingerprint density at radius 3 is 2.53 bits per heavy atom. The molecule has 0 saturated heterocycles. The van der Waals surface area contributed by atoms with E-state index in [4.69, 9.17) is 5.73 Å². The average molecular weight is 253 g/mol. The smallest absolute Gasteiger partial charge is 0.181 e. The maximum absolute atomic E-state index is 12.2. The molecule has 1 aliphatic carbocycles. The Morgan fingerprint density at radius 1 is 1.18 bits per heavy atom. The van der Waals surface area contributed by atoms with Gasteiger partial charge in [-0.2, -0.15) is 0 Å². The van der Waals surface area contributed by atoms with E-state index in [1.54, 1.807) is 6.07 Å². The first kappa shape index (κ1) is 12.6. The molecule has 1 aliphatic rings. The molecule has 1 aromatic carbocycles. The van der Waals surface area contributed by atoms with Gasteiger partial charge in [0.15, 0.2) is 9.84 Å². The second-order valence-corrected chi connectivity index (χ2v) is 6.79. The van der Waals surface area contributed by atoms with Crippen LogP contribution in [0.2, 0.25) is 0 Å². The second-order valence-electron chi connectivity index (χ2n) is 4.60. The minimum absolute atomic E-state index is 0.127. The van der Waals surface area contributed by atoms with Crippen LogP contribution >= 0.6 is 0 Å². The zero-order valence-electron chi connectivity index (χ0n) is 9.93. The number of benzene rings is 1. The molecule has 3 nitrogen and oxygen atoms in total. The molecule has 1 fully saturated rings. The summed E-state index contributed by atoms with van der Waals surface area (Å²) in [5.74, 6) is 0. The maximum atomic E-state index is 12.2. The third-order valence-electron chi connectivity index (χ3n) is 3.14. The van der Waals surface area contributed by atoms with Gasteiger partial charge in [0.2, 0.25) is 0 Å². The number of sulfone groups is 1. The normalized spacial score (nSPS) is 16.1. The number of aryl methyl sites for hydroxylation is 1. The lowest BCUT2D eigenvalue weighted by Gasteiger charge is -2.09. The molecule has 0 aliphatic heterocycles. The van der Waals surface area contributed by atoms with Crippen molar-refractivity contribution in [2.45, 2.75) is 42.2 Å². The predicted molar refractivity (Wildman–Crippen MR) is 68.6 cm³/mol. The monoisotopic (exact) mass is 253 g/mol. The highest BCUT2D eigenvalue weighted by Gasteiger charge is 2.37. The van der Waals surface area contributed by atoms with Crippen molar-refractivity contribution in [3.63, 3.8) is 0 Å². The third kappa shape index (κ3) is 2.87. The van der Waals surface area contributed by atoms with Gasteiger partial charge in [0, 0.05) is 0 Å². The number of rotatable bonds is 6. The molecule has 0 heterocycles. The first-order valence-corrected chi connectivity index (χ1v) is 7.73. The van der Waals surface area contributed by atoms with Crippen LogP contribution in [0.3, 0.4) is 0 Å². The van der Waals surface area contributed by atoms with Crippen molar-refractivity contribution in [3.8, 4) is 0 Å². The highest BCUT2D eigenvalue weighted by atomic mass is 32.2. The van der Waals surface area contributed by atoms with Gasteiger partial charge < -0.3 is 5.73 Å². The second kappa shape index (κ2) is 5.19. The van der Waals surface area contributed by atoms with Gasteiger partial charge in [-0.1, -0.05) is 18.2 Å². The summed E-state index contributed by atoms with van der Waals surface area (Å²) in [5.41, 5.74) is 6.41. The highest BCUT2D eigenvalue weighted by Crippen LogP contribution is 2.35. The molecule has 0 spiro atoms. The van der Waals surface area contributed by atoms with Gasteiger partial charge in [0.25, 0.3) is 0 Å². The standard InChI is InChI=1S/C13H19NO2S/c14-10-4-3-6-11-5-1-2-7-13(11)17(15,16)12-8-9-12/h1-2,5,7,12H,3-4,6,8-10,14H2. The largest absolute Gasteiger partial charge is 0.330 e. The van der Waals surface area contributed by atoms with E-state index in [1.807, 2.05) is 18.2 Å². The molecule has 0 aromatic heterocycles. The van der Waals surface area contributed by atoms with Crippen molar-refractivity contribution in [3.05, 3.63) is 29.8 Å². The van der Waals surface area contributed by atoms with Gasteiger partial charge in [-0.05, 0) is 50.3 Å². The fraction of sp³-hybridized carbons (Fsp3) is 0.538. The molecule has 0 amide bonds. The summed E-state index contributed by atoms with van der Waals surface area (Å²) in [7, 11) is -3.06.